The molecule has 36 heavy (non-hydrogen) atoms. The van der Waals surface area contributed by atoms with Gasteiger partial charge in [0, 0.05) is 10.5 Å². The van der Waals surface area contributed by atoms with Crippen LogP contribution in [0.15, 0.2) is 0 Å². The Bertz CT molecular complexity index is 1030. The maximum atomic E-state index is 13.6. The van der Waals surface area contributed by atoms with E-state index >= 15 is 0 Å². The summed E-state index contributed by atoms with van der Waals surface area (Å²) in [5.41, 5.74) is -2.73. The molecule has 0 spiro atoms. The van der Waals surface area contributed by atoms with Crippen LogP contribution in [-0.4, -0.2) is 76.1 Å². The van der Waals surface area contributed by atoms with Crippen LogP contribution < -0.4 is 15.4 Å². The Morgan fingerprint density at radius 1 is 1.06 bits per heavy atom. The Labute approximate surface area is 226 Å². The lowest BCUT2D eigenvalue weighted by molar-refractivity contribution is -0.142. The number of likely N-dealkylation sites (tertiary alicyclic amines) is 1. The molecule has 0 aromatic carbocycles. The number of halogens is 1. The van der Waals surface area contributed by atoms with Gasteiger partial charge in [0.15, 0.2) is 0 Å². The molecule has 0 aromatic heterocycles. The summed E-state index contributed by atoms with van der Waals surface area (Å²) in [6, 6.07) is -1.78. The van der Waals surface area contributed by atoms with E-state index in [1.807, 2.05) is 43.4 Å². The summed E-state index contributed by atoms with van der Waals surface area (Å²) in [4.78, 5) is 53.6. The molecule has 1 saturated heterocycles. The number of rotatable bonds is 7. The van der Waals surface area contributed by atoms with E-state index in [4.69, 9.17) is 4.74 Å². The lowest BCUT2D eigenvalue weighted by atomic mass is 9.85. The fourth-order valence-corrected chi connectivity index (χ4v) is 6.67. The Morgan fingerprint density at radius 2 is 1.64 bits per heavy atom. The minimum atomic E-state index is -3.75. The normalized spacial score (nSPS) is 27.1. The fraction of sp³-hybridized carbons (Fsp3) is 0.826. The van der Waals surface area contributed by atoms with Gasteiger partial charge in [-0.2, -0.15) is 0 Å². The standard InChI is InChI=1S/C23H37IN4O7S/c1-21(2,3)16(25-20(32)35-22(4,5)6)18(30)28-11-7-8-14(28)17(29)26-23(12-15(23)24)19(31)27-36(33,34)13-9-10-13/h13-16H,7-12H2,1-6H3,(H,25,32)(H,26,29)(H,27,31)/t14-,15+,16+,23+/m0/s1. The van der Waals surface area contributed by atoms with E-state index in [1.54, 1.807) is 20.8 Å². The molecule has 1 heterocycles. The van der Waals surface area contributed by atoms with Gasteiger partial charge in [0.05, 0.1) is 5.25 Å². The highest BCUT2D eigenvalue weighted by atomic mass is 127. The summed E-state index contributed by atoms with van der Waals surface area (Å²) in [5.74, 6) is -1.66. The second kappa shape index (κ2) is 9.91. The summed E-state index contributed by atoms with van der Waals surface area (Å²) >= 11 is 2.02. The van der Waals surface area contributed by atoms with Crippen LogP contribution in [0.4, 0.5) is 4.79 Å². The maximum Gasteiger partial charge on any atom is 0.408 e. The zero-order chi connectivity index (χ0) is 27.3. The van der Waals surface area contributed by atoms with Crippen LogP contribution in [0.1, 0.15) is 73.6 Å². The van der Waals surface area contributed by atoms with Gasteiger partial charge in [0.25, 0.3) is 5.91 Å². The lowest BCUT2D eigenvalue weighted by Crippen LogP contribution is -2.60. The maximum absolute atomic E-state index is 13.6. The molecule has 0 unspecified atom stereocenters. The molecule has 0 radical (unpaired) electrons. The first-order chi connectivity index (χ1) is 16.4. The zero-order valence-electron chi connectivity index (χ0n) is 21.6. The van der Waals surface area contributed by atoms with Gasteiger partial charge in [-0.25, -0.2) is 13.2 Å². The molecule has 13 heteroatoms. The van der Waals surface area contributed by atoms with E-state index in [1.165, 1.54) is 4.90 Å². The number of nitrogens with one attached hydrogen (secondary N) is 3. The molecule has 2 aliphatic carbocycles. The highest BCUT2D eigenvalue weighted by molar-refractivity contribution is 14.1. The molecule has 3 fully saturated rings. The third-order valence-electron chi connectivity index (χ3n) is 6.44. The minimum Gasteiger partial charge on any atom is -0.444 e. The molecular formula is C23H37IN4O7S. The molecular weight excluding hydrogens is 603 g/mol. The predicted molar refractivity (Wildman–Crippen MR) is 141 cm³/mol. The highest BCUT2D eigenvalue weighted by Crippen LogP contribution is 2.44. The molecule has 204 valence electrons. The van der Waals surface area contributed by atoms with Crippen molar-refractivity contribution in [3.63, 3.8) is 0 Å². The zero-order valence-corrected chi connectivity index (χ0v) is 24.6. The lowest BCUT2D eigenvalue weighted by Gasteiger charge is -2.36. The molecule has 3 N–H and O–H groups in total. The highest BCUT2D eigenvalue weighted by Gasteiger charge is 2.62. The third-order valence-corrected chi connectivity index (χ3v) is 9.76. The van der Waals surface area contributed by atoms with Crippen molar-refractivity contribution in [3.05, 3.63) is 0 Å². The number of amides is 4. The van der Waals surface area contributed by atoms with Gasteiger partial charge in [0.2, 0.25) is 21.8 Å². The van der Waals surface area contributed by atoms with Crippen LogP contribution in [0.3, 0.4) is 0 Å². The molecule has 1 aliphatic heterocycles. The number of nitrogens with zero attached hydrogens (tertiary/aromatic N) is 1. The summed E-state index contributed by atoms with van der Waals surface area (Å²) in [6.45, 7) is 10.9. The van der Waals surface area contributed by atoms with E-state index in [0.717, 1.165) is 0 Å². The molecule has 2 saturated carbocycles. The summed E-state index contributed by atoms with van der Waals surface area (Å²) in [5, 5.41) is 4.85. The number of ether oxygens (including phenoxy) is 1. The smallest absolute Gasteiger partial charge is 0.408 e. The fourth-order valence-electron chi connectivity index (χ4n) is 4.17. The van der Waals surface area contributed by atoms with Crippen molar-refractivity contribution in [1.82, 2.24) is 20.3 Å². The number of alkyl halides is 1. The topological polar surface area (TPSA) is 151 Å². The van der Waals surface area contributed by atoms with Gasteiger partial charge in [-0.15, -0.1) is 0 Å². The van der Waals surface area contributed by atoms with Crippen molar-refractivity contribution in [1.29, 1.82) is 0 Å². The Kier molecular flexibility index (Phi) is 7.97. The molecule has 0 aromatic rings. The first kappa shape index (κ1) is 28.9. The van der Waals surface area contributed by atoms with Gasteiger partial charge in [-0.1, -0.05) is 43.4 Å². The monoisotopic (exact) mass is 640 g/mol. The van der Waals surface area contributed by atoms with E-state index in [9.17, 15) is 27.6 Å². The average Bonchev–Trinajstić information content (AvgIpc) is 3.61. The van der Waals surface area contributed by atoms with Crippen LogP contribution in [0.5, 0.6) is 0 Å². The van der Waals surface area contributed by atoms with E-state index < -0.39 is 67.7 Å². The van der Waals surface area contributed by atoms with Gasteiger partial charge in [-0.05, 0) is 58.3 Å². The summed E-state index contributed by atoms with van der Waals surface area (Å²) in [7, 11) is -3.75. The quantitative estimate of drug-likeness (QED) is 0.283. The van der Waals surface area contributed by atoms with Crippen molar-refractivity contribution >= 4 is 56.4 Å². The predicted octanol–water partition coefficient (Wildman–Crippen LogP) is 1.59. The van der Waals surface area contributed by atoms with E-state index in [2.05, 4.69) is 15.4 Å². The Balaban J connectivity index is 1.72. The van der Waals surface area contributed by atoms with Crippen LogP contribution in [0.2, 0.25) is 0 Å². The molecule has 4 amide bonds. The number of hydrogen-bond donors (Lipinski definition) is 3. The van der Waals surface area contributed by atoms with Gasteiger partial charge >= 0.3 is 6.09 Å². The first-order valence-corrected chi connectivity index (χ1v) is 15.0. The number of carbonyl (C=O) groups excluding carboxylic acids is 4. The van der Waals surface area contributed by atoms with E-state index in [-0.39, 0.29) is 3.92 Å². The second-order valence-electron chi connectivity index (χ2n) is 11.9. The summed E-state index contributed by atoms with van der Waals surface area (Å²) in [6.07, 6.45) is 1.58. The van der Waals surface area contributed by atoms with Crippen LogP contribution >= 0.6 is 22.6 Å². The van der Waals surface area contributed by atoms with Crippen molar-refractivity contribution in [3.8, 4) is 0 Å². The third kappa shape index (κ3) is 6.62. The largest absolute Gasteiger partial charge is 0.444 e. The first-order valence-electron chi connectivity index (χ1n) is 12.2. The second-order valence-corrected chi connectivity index (χ2v) is 15.4. The van der Waals surface area contributed by atoms with Crippen molar-refractivity contribution < 1.29 is 32.3 Å². The average molecular weight is 641 g/mol. The summed E-state index contributed by atoms with van der Waals surface area (Å²) < 4.78 is 31.7. The Hall–Kier alpha value is -1.64. The molecule has 4 atom stereocenters. The van der Waals surface area contributed by atoms with Gasteiger partial charge < -0.3 is 20.3 Å². The van der Waals surface area contributed by atoms with Gasteiger partial charge in [0.1, 0.15) is 23.2 Å². The number of hydrogen-bond acceptors (Lipinski definition) is 7. The number of alkyl carbamates (subject to hydrolysis) is 1. The van der Waals surface area contributed by atoms with Crippen molar-refractivity contribution in [2.75, 3.05) is 6.54 Å². The van der Waals surface area contributed by atoms with Crippen molar-refractivity contribution in [2.45, 2.75) is 106 Å². The van der Waals surface area contributed by atoms with Crippen LogP contribution in [-0.2, 0) is 29.1 Å². The molecule has 3 rings (SSSR count). The van der Waals surface area contributed by atoms with Crippen LogP contribution in [0.25, 0.3) is 0 Å². The Morgan fingerprint density at radius 3 is 2.11 bits per heavy atom. The van der Waals surface area contributed by atoms with Gasteiger partial charge in [-0.3, -0.25) is 19.1 Å². The minimum absolute atomic E-state index is 0.268. The molecule has 0 bridgehead atoms. The number of carbonyl (C=O) groups is 4. The van der Waals surface area contributed by atoms with Crippen molar-refractivity contribution in [2.24, 2.45) is 5.41 Å². The molecule has 3 aliphatic rings. The van der Waals surface area contributed by atoms with Crippen LogP contribution in [0, 0.1) is 5.41 Å². The van der Waals surface area contributed by atoms with E-state index in [0.29, 0.717) is 38.6 Å². The SMILES string of the molecule is CC(C)(C)OC(=O)N[C@H](C(=O)N1CCC[C@H]1C(=O)N[C@]1(C(=O)NS(=O)(=O)C2CC2)C[C@H]1I)C(C)(C)C. The molecule has 11 nitrogen and oxygen atoms in total. The number of sulfonamides is 1.